The first kappa shape index (κ1) is 18.0. The van der Waals surface area contributed by atoms with Crippen LogP contribution in [-0.4, -0.2) is 12.0 Å². The van der Waals surface area contributed by atoms with Gasteiger partial charge in [-0.15, -0.1) is 0 Å². The molecule has 1 fully saturated rings. The van der Waals surface area contributed by atoms with Crippen molar-refractivity contribution in [1.29, 1.82) is 5.26 Å². The van der Waals surface area contributed by atoms with Gasteiger partial charge < -0.3 is 10.1 Å². The van der Waals surface area contributed by atoms with Crippen LogP contribution in [0.5, 0.6) is 5.75 Å². The van der Waals surface area contributed by atoms with Gasteiger partial charge in [0.1, 0.15) is 5.75 Å². The molecular weight excluding hydrogens is 324 g/mol. The summed E-state index contributed by atoms with van der Waals surface area (Å²) in [5.74, 6) is 1.38. The first-order valence-corrected chi connectivity index (χ1v) is 9.16. The van der Waals surface area contributed by atoms with Crippen LogP contribution >= 0.6 is 0 Å². The third-order valence-electron chi connectivity index (χ3n) is 4.89. The summed E-state index contributed by atoms with van der Waals surface area (Å²) in [6.07, 6.45) is 4.78. The lowest BCUT2D eigenvalue weighted by Gasteiger charge is -2.28. The molecule has 0 aliphatic heterocycles. The molecule has 0 bridgehead atoms. The molecule has 134 valence electrons. The van der Waals surface area contributed by atoms with Crippen LogP contribution in [0, 0.1) is 24.2 Å². The molecule has 1 aliphatic rings. The molecule has 3 rings (SSSR count). The van der Waals surface area contributed by atoms with E-state index in [1.807, 2.05) is 12.1 Å². The molecule has 0 aromatic heterocycles. The summed E-state index contributed by atoms with van der Waals surface area (Å²) in [5.41, 5.74) is 2.56. The number of anilines is 1. The van der Waals surface area contributed by atoms with Gasteiger partial charge in [-0.3, -0.25) is 4.79 Å². The van der Waals surface area contributed by atoms with Crippen molar-refractivity contribution in [2.75, 3.05) is 5.32 Å². The Hall–Kier alpha value is -2.80. The molecule has 1 amide bonds. The van der Waals surface area contributed by atoms with Crippen molar-refractivity contribution in [1.82, 2.24) is 0 Å². The highest BCUT2D eigenvalue weighted by Gasteiger charge is 2.24. The number of benzene rings is 2. The average molecular weight is 348 g/mol. The Morgan fingerprint density at radius 1 is 1.08 bits per heavy atom. The smallest absolute Gasteiger partial charge is 0.224 e. The molecule has 2 aromatic rings. The van der Waals surface area contributed by atoms with Crippen LogP contribution in [-0.2, 0) is 4.79 Å². The lowest BCUT2D eigenvalue weighted by atomic mass is 9.85. The second kappa shape index (κ2) is 8.53. The van der Waals surface area contributed by atoms with E-state index in [1.54, 1.807) is 24.3 Å². The monoisotopic (exact) mass is 348 g/mol. The number of amides is 1. The molecule has 0 heterocycles. The summed E-state index contributed by atoms with van der Waals surface area (Å²) < 4.78 is 6.05. The van der Waals surface area contributed by atoms with Crippen molar-refractivity contribution >= 4 is 11.6 Å². The van der Waals surface area contributed by atoms with Gasteiger partial charge in [0.05, 0.1) is 17.7 Å². The number of nitrogens with zero attached hydrogens (tertiary/aromatic N) is 1. The normalized spacial score (nSPS) is 19.4. The summed E-state index contributed by atoms with van der Waals surface area (Å²) >= 11 is 0. The van der Waals surface area contributed by atoms with Crippen molar-refractivity contribution < 1.29 is 9.53 Å². The largest absolute Gasteiger partial charge is 0.490 e. The minimum atomic E-state index is 0.0395. The molecule has 0 saturated heterocycles. The van der Waals surface area contributed by atoms with Crippen molar-refractivity contribution in [3.8, 4) is 11.8 Å². The summed E-state index contributed by atoms with van der Waals surface area (Å²) in [4.78, 5) is 12.2. The number of hydrogen-bond acceptors (Lipinski definition) is 3. The Morgan fingerprint density at radius 3 is 2.35 bits per heavy atom. The molecule has 1 N–H and O–H groups in total. The predicted octanol–water partition coefficient (Wildman–Crippen LogP) is 4.83. The minimum absolute atomic E-state index is 0.0395. The molecule has 1 aliphatic carbocycles. The number of carbonyl (C=O) groups excluding carboxylic acids is 1. The van der Waals surface area contributed by atoms with Crippen molar-refractivity contribution in [3.05, 3.63) is 59.7 Å². The van der Waals surface area contributed by atoms with Crippen molar-refractivity contribution in [2.24, 2.45) is 5.92 Å². The van der Waals surface area contributed by atoms with Gasteiger partial charge in [0.2, 0.25) is 5.91 Å². The predicted molar refractivity (Wildman–Crippen MR) is 102 cm³/mol. The minimum Gasteiger partial charge on any atom is -0.490 e. The fourth-order valence-corrected chi connectivity index (χ4v) is 3.37. The Bertz CT molecular complexity index is 767. The summed E-state index contributed by atoms with van der Waals surface area (Å²) in [7, 11) is 0. The molecule has 0 radical (unpaired) electrons. The first-order valence-electron chi connectivity index (χ1n) is 9.16. The van der Waals surface area contributed by atoms with Gasteiger partial charge in [0.25, 0.3) is 0 Å². The number of rotatable bonds is 5. The highest BCUT2D eigenvalue weighted by molar-refractivity contribution is 5.90. The third kappa shape index (κ3) is 5.10. The Balaban J connectivity index is 1.42. The molecule has 2 aromatic carbocycles. The van der Waals surface area contributed by atoms with Gasteiger partial charge in [-0.05, 0) is 74.9 Å². The maximum atomic E-state index is 12.2. The van der Waals surface area contributed by atoms with Crippen molar-refractivity contribution in [3.63, 3.8) is 0 Å². The van der Waals surface area contributed by atoms with Crippen LogP contribution in [0.15, 0.2) is 48.5 Å². The second-order valence-corrected chi connectivity index (χ2v) is 7.02. The Labute approximate surface area is 154 Å². The highest BCUT2D eigenvalue weighted by atomic mass is 16.5. The fourth-order valence-electron chi connectivity index (χ4n) is 3.37. The lowest BCUT2D eigenvalue weighted by Crippen LogP contribution is -2.26. The van der Waals surface area contributed by atoms with Gasteiger partial charge in [-0.2, -0.15) is 5.26 Å². The van der Waals surface area contributed by atoms with E-state index in [-0.39, 0.29) is 12.0 Å². The number of carbonyl (C=O) groups is 1. The summed E-state index contributed by atoms with van der Waals surface area (Å²) in [6, 6.07) is 17.2. The van der Waals surface area contributed by atoms with E-state index < -0.39 is 0 Å². The van der Waals surface area contributed by atoms with Crippen LogP contribution < -0.4 is 10.1 Å². The molecule has 4 heteroatoms. The van der Waals surface area contributed by atoms with E-state index in [4.69, 9.17) is 10.00 Å². The zero-order valence-electron chi connectivity index (χ0n) is 15.1. The van der Waals surface area contributed by atoms with Crippen LogP contribution in [0.4, 0.5) is 5.69 Å². The number of ether oxygens (including phenoxy) is 1. The number of nitrogens with one attached hydrogen (secondary N) is 1. The Kier molecular flexibility index (Phi) is 5.91. The van der Waals surface area contributed by atoms with Gasteiger partial charge in [-0.25, -0.2) is 0 Å². The zero-order chi connectivity index (χ0) is 18.4. The maximum absolute atomic E-state index is 12.2. The maximum Gasteiger partial charge on any atom is 0.224 e. The van der Waals surface area contributed by atoms with E-state index >= 15 is 0 Å². The highest BCUT2D eigenvalue weighted by Crippen LogP contribution is 2.30. The standard InChI is InChI=1S/C22H24N2O2/c1-16-2-10-20(11-3-16)26-21-12-6-17(7-13-21)14-22(25)24-19-8-4-18(15-23)5-9-19/h2-5,8-11,17,21H,6-7,12-14H2,1H3,(H,24,25). The molecular formula is C22H24N2O2. The number of aryl methyl sites for hydroxylation is 1. The molecule has 1 saturated carbocycles. The second-order valence-electron chi connectivity index (χ2n) is 7.02. The van der Waals surface area contributed by atoms with E-state index in [1.165, 1.54) is 5.56 Å². The van der Waals surface area contributed by atoms with Gasteiger partial charge in [-0.1, -0.05) is 17.7 Å². The summed E-state index contributed by atoms with van der Waals surface area (Å²) in [5, 5.41) is 11.7. The van der Waals surface area contributed by atoms with Crippen LogP contribution in [0.1, 0.15) is 43.2 Å². The molecule has 26 heavy (non-hydrogen) atoms. The topological polar surface area (TPSA) is 62.1 Å². The third-order valence-corrected chi connectivity index (χ3v) is 4.89. The van der Waals surface area contributed by atoms with Crippen molar-refractivity contribution in [2.45, 2.75) is 45.1 Å². The zero-order valence-corrected chi connectivity index (χ0v) is 15.1. The number of nitriles is 1. The molecule has 0 atom stereocenters. The molecule has 4 nitrogen and oxygen atoms in total. The lowest BCUT2D eigenvalue weighted by molar-refractivity contribution is -0.117. The first-order chi connectivity index (χ1) is 12.6. The molecule has 0 spiro atoms. The fraction of sp³-hybridized carbons (Fsp3) is 0.364. The quantitative estimate of drug-likeness (QED) is 0.841. The Morgan fingerprint density at radius 2 is 1.73 bits per heavy atom. The average Bonchev–Trinajstić information content (AvgIpc) is 2.66. The molecule has 0 unspecified atom stereocenters. The van der Waals surface area contributed by atoms with Gasteiger partial charge >= 0.3 is 0 Å². The van der Waals surface area contributed by atoms with Crippen LogP contribution in [0.3, 0.4) is 0 Å². The summed E-state index contributed by atoms with van der Waals surface area (Å²) in [6.45, 7) is 2.07. The van der Waals surface area contributed by atoms with Gasteiger partial charge in [0.15, 0.2) is 0 Å². The van der Waals surface area contributed by atoms with E-state index in [2.05, 4.69) is 30.4 Å². The SMILES string of the molecule is Cc1ccc(OC2CCC(CC(=O)Nc3ccc(C#N)cc3)CC2)cc1. The van der Waals surface area contributed by atoms with Gasteiger partial charge in [0, 0.05) is 12.1 Å². The van der Waals surface area contributed by atoms with Crippen LogP contribution in [0.25, 0.3) is 0 Å². The van der Waals surface area contributed by atoms with E-state index in [0.29, 0.717) is 17.9 Å². The van der Waals surface area contributed by atoms with Crippen LogP contribution in [0.2, 0.25) is 0 Å². The van der Waals surface area contributed by atoms with E-state index in [0.717, 1.165) is 37.1 Å². The number of hydrogen-bond donors (Lipinski definition) is 1. The van der Waals surface area contributed by atoms with E-state index in [9.17, 15) is 4.79 Å².